The van der Waals surface area contributed by atoms with Crippen LogP contribution in [0.2, 0.25) is 0 Å². The Kier molecular flexibility index (Phi) is 6.86. The van der Waals surface area contributed by atoms with Gasteiger partial charge in [0.1, 0.15) is 0 Å². The fourth-order valence-corrected chi connectivity index (χ4v) is 2.91. The van der Waals surface area contributed by atoms with Crippen molar-refractivity contribution in [3.8, 4) is 0 Å². The molecule has 5 nitrogen and oxygen atoms in total. The Balaban J connectivity index is 1.84. The number of hydrogen-bond acceptors (Lipinski definition) is 3. The molecule has 0 bridgehead atoms. The summed E-state index contributed by atoms with van der Waals surface area (Å²) in [7, 11) is 0. The van der Waals surface area contributed by atoms with Crippen molar-refractivity contribution in [1.29, 1.82) is 0 Å². The van der Waals surface area contributed by atoms with E-state index in [1.165, 1.54) is 11.1 Å². The van der Waals surface area contributed by atoms with Gasteiger partial charge in [0.15, 0.2) is 5.96 Å². The Labute approximate surface area is 139 Å². The number of ether oxygens (including phenoxy) is 1. The van der Waals surface area contributed by atoms with Gasteiger partial charge in [-0.15, -0.1) is 0 Å². The largest absolute Gasteiger partial charge is 0.373 e. The topological polar surface area (TPSA) is 62.9 Å². The summed E-state index contributed by atoms with van der Waals surface area (Å²) in [6.45, 7) is 10.8. The summed E-state index contributed by atoms with van der Waals surface area (Å²) in [5, 5.41) is 3.09. The Hall–Kier alpha value is -1.59. The number of guanidine groups is 1. The Morgan fingerprint density at radius 2 is 1.83 bits per heavy atom. The molecule has 1 aliphatic heterocycles. The standard InChI is InChI=1S/C18H30N4O/c1-4-9-20-18(19)21-10-16-5-7-17(8-6-16)13-22-11-14(2)23-15(3)12-22/h5-8,14-15H,4,9-13H2,1-3H3,(H3,19,20,21). The van der Waals surface area contributed by atoms with Crippen molar-refractivity contribution < 1.29 is 4.74 Å². The summed E-state index contributed by atoms with van der Waals surface area (Å²) in [4.78, 5) is 6.81. The van der Waals surface area contributed by atoms with E-state index in [-0.39, 0.29) is 0 Å². The second kappa shape index (κ2) is 8.89. The molecular formula is C18H30N4O. The highest BCUT2D eigenvalue weighted by Gasteiger charge is 2.21. The zero-order valence-electron chi connectivity index (χ0n) is 14.6. The molecule has 2 atom stereocenters. The van der Waals surface area contributed by atoms with Crippen LogP contribution in [-0.4, -0.2) is 42.7 Å². The lowest BCUT2D eigenvalue weighted by Gasteiger charge is -2.35. The van der Waals surface area contributed by atoms with E-state index in [1.807, 2.05) is 0 Å². The highest BCUT2D eigenvalue weighted by atomic mass is 16.5. The van der Waals surface area contributed by atoms with Crippen LogP contribution in [0.5, 0.6) is 0 Å². The molecule has 1 fully saturated rings. The zero-order chi connectivity index (χ0) is 16.7. The highest BCUT2D eigenvalue weighted by molar-refractivity contribution is 5.77. The van der Waals surface area contributed by atoms with Crippen LogP contribution in [0.1, 0.15) is 38.3 Å². The van der Waals surface area contributed by atoms with Gasteiger partial charge in [0.2, 0.25) is 0 Å². The predicted molar refractivity (Wildman–Crippen MR) is 95.3 cm³/mol. The highest BCUT2D eigenvalue weighted by Crippen LogP contribution is 2.15. The molecule has 0 saturated carbocycles. The Morgan fingerprint density at radius 1 is 1.22 bits per heavy atom. The minimum Gasteiger partial charge on any atom is -0.373 e. The minimum atomic E-state index is 0.311. The van der Waals surface area contributed by atoms with E-state index in [0.29, 0.717) is 24.7 Å². The van der Waals surface area contributed by atoms with E-state index in [2.05, 4.69) is 60.2 Å². The van der Waals surface area contributed by atoms with E-state index in [4.69, 9.17) is 10.5 Å². The monoisotopic (exact) mass is 318 g/mol. The van der Waals surface area contributed by atoms with Gasteiger partial charge in [-0.2, -0.15) is 0 Å². The summed E-state index contributed by atoms with van der Waals surface area (Å²) >= 11 is 0. The number of nitrogens with zero attached hydrogens (tertiary/aromatic N) is 2. The zero-order valence-corrected chi connectivity index (χ0v) is 14.6. The van der Waals surface area contributed by atoms with Crippen LogP contribution in [0.25, 0.3) is 0 Å². The molecule has 0 aromatic heterocycles. The fraction of sp³-hybridized carbons (Fsp3) is 0.611. The van der Waals surface area contributed by atoms with Crippen molar-refractivity contribution in [2.24, 2.45) is 10.7 Å². The quantitative estimate of drug-likeness (QED) is 0.623. The van der Waals surface area contributed by atoms with Gasteiger partial charge in [0, 0.05) is 26.2 Å². The molecule has 1 aliphatic rings. The minimum absolute atomic E-state index is 0.311. The van der Waals surface area contributed by atoms with Crippen molar-refractivity contribution in [2.45, 2.75) is 52.5 Å². The molecule has 0 spiro atoms. The molecule has 0 amide bonds. The molecule has 23 heavy (non-hydrogen) atoms. The van der Waals surface area contributed by atoms with Crippen molar-refractivity contribution in [2.75, 3.05) is 19.6 Å². The first kappa shape index (κ1) is 17.8. The molecule has 2 rings (SSSR count). The summed E-state index contributed by atoms with van der Waals surface area (Å²) in [5.74, 6) is 0.521. The number of hydrogen-bond donors (Lipinski definition) is 2. The Bertz CT molecular complexity index is 490. The number of nitrogens with one attached hydrogen (secondary N) is 1. The molecule has 128 valence electrons. The van der Waals surface area contributed by atoms with Gasteiger partial charge in [-0.25, -0.2) is 4.99 Å². The third-order valence-corrected chi connectivity index (χ3v) is 3.91. The van der Waals surface area contributed by atoms with Crippen LogP contribution in [0, 0.1) is 0 Å². The molecule has 0 aliphatic carbocycles. The van der Waals surface area contributed by atoms with Gasteiger partial charge >= 0.3 is 0 Å². The number of morpholine rings is 1. The summed E-state index contributed by atoms with van der Waals surface area (Å²) in [6.07, 6.45) is 1.67. The molecule has 1 aromatic rings. The van der Waals surface area contributed by atoms with E-state index in [0.717, 1.165) is 32.6 Å². The lowest BCUT2D eigenvalue weighted by Crippen LogP contribution is -2.44. The molecule has 3 N–H and O–H groups in total. The van der Waals surface area contributed by atoms with Crippen molar-refractivity contribution in [1.82, 2.24) is 10.2 Å². The third kappa shape index (κ3) is 6.20. The van der Waals surface area contributed by atoms with Crippen LogP contribution < -0.4 is 11.1 Å². The number of aliphatic imine (C=N–C) groups is 1. The van der Waals surface area contributed by atoms with Gasteiger partial charge < -0.3 is 15.8 Å². The van der Waals surface area contributed by atoms with Crippen molar-refractivity contribution in [3.63, 3.8) is 0 Å². The third-order valence-electron chi connectivity index (χ3n) is 3.91. The van der Waals surface area contributed by atoms with Crippen LogP contribution in [0.3, 0.4) is 0 Å². The van der Waals surface area contributed by atoms with E-state index in [1.54, 1.807) is 0 Å². The smallest absolute Gasteiger partial charge is 0.188 e. The van der Waals surface area contributed by atoms with Gasteiger partial charge in [-0.05, 0) is 31.4 Å². The van der Waals surface area contributed by atoms with Crippen LogP contribution >= 0.6 is 0 Å². The molecular weight excluding hydrogens is 288 g/mol. The van der Waals surface area contributed by atoms with Crippen molar-refractivity contribution in [3.05, 3.63) is 35.4 Å². The van der Waals surface area contributed by atoms with Gasteiger partial charge in [-0.3, -0.25) is 4.90 Å². The molecule has 2 unspecified atom stereocenters. The molecule has 5 heteroatoms. The first-order chi connectivity index (χ1) is 11.1. The van der Waals surface area contributed by atoms with Gasteiger partial charge in [0.05, 0.1) is 18.8 Å². The maximum Gasteiger partial charge on any atom is 0.188 e. The average Bonchev–Trinajstić information content (AvgIpc) is 2.51. The fourth-order valence-electron chi connectivity index (χ4n) is 2.91. The normalized spacial score (nSPS) is 23.0. The van der Waals surface area contributed by atoms with Crippen molar-refractivity contribution >= 4 is 5.96 Å². The molecule has 1 heterocycles. The molecule has 1 saturated heterocycles. The van der Waals surface area contributed by atoms with E-state index >= 15 is 0 Å². The second-order valence-electron chi connectivity index (χ2n) is 6.40. The summed E-state index contributed by atoms with van der Waals surface area (Å²) < 4.78 is 5.78. The summed E-state index contributed by atoms with van der Waals surface area (Å²) in [6, 6.07) is 8.65. The lowest BCUT2D eigenvalue weighted by molar-refractivity contribution is -0.0704. The number of benzene rings is 1. The second-order valence-corrected chi connectivity index (χ2v) is 6.40. The van der Waals surface area contributed by atoms with Gasteiger partial charge in [-0.1, -0.05) is 31.2 Å². The van der Waals surface area contributed by atoms with E-state index in [9.17, 15) is 0 Å². The first-order valence-corrected chi connectivity index (χ1v) is 8.56. The van der Waals surface area contributed by atoms with Crippen LogP contribution in [-0.2, 0) is 17.8 Å². The van der Waals surface area contributed by atoms with Crippen LogP contribution in [0.15, 0.2) is 29.3 Å². The van der Waals surface area contributed by atoms with Crippen LogP contribution in [0.4, 0.5) is 0 Å². The SMILES string of the molecule is CCCNC(N)=NCc1ccc(CN2CC(C)OC(C)C2)cc1. The van der Waals surface area contributed by atoms with E-state index < -0.39 is 0 Å². The maximum atomic E-state index is 5.81. The molecule has 0 radical (unpaired) electrons. The first-order valence-electron chi connectivity index (χ1n) is 8.56. The lowest BCUT2D eigenvalue weighted by atomic mass is 10.1. The van der Waals surface area contributed by atoms with Gasteiger partial charge in [0.25, 0.3) is 0 Å². The average molecular weight is 318 g/mol. The number of rotatable bonds is 6. The number of nitrogens with two attached hydrogens (primary N) is 1. The molecule has 1 aromatic carbocycles. The maximum absolute atomic E-state index is 5.81. The Morgan fingerprint density at radius 3 is 2.43 bits per heavy atom. The summed E-state index contributed by atoms with van der Waals surface area (Å²) in [5.41, 5.74) is 8.32. The predicted octanol–water partition coefficient (Wildman–Crippen LogP) is 2.11.